The maximum Gasteiger partial charge on any atom is 0.227 e. The predicted molar refractivity (Wildman–Crippen MR) is 101 cm³/mol. The summed E-state index contributed by atoms with van der Waals surface area (Å²) in [6, 6.07) is 7.43. The maximum absolute atomic E-state index is 12.7. The quantitative estimate of drug-likeness (QED) is 0.723. The largest absolute Gasteiger partial charge is 0.489 e. The molecule has 134 valence electrons. The molecule has 2 aromatic rings. The van der Waals surface area contributed by atoms with Crippen molar-refractivity contribution in [1.82, 2.24) is 4.90 Å². The minimum atomic E-state index is 0.0394. The van der Waals surface area contributed by atoms with Gasteiger partial charge in [-0.2, -0.15) is 0 Å². The van der Waals surface area contributed by atoms with Crippen molar-refractivity contribution in [3.8, 4) is 11.5 Å². The van der Waals surface area contributed by atoms with Crippen LogP contribution in [0.3, 0.4) is 0 Å². The minimum absolute atomic E-state index is 0.0394. The first-order chi connectivity index (χ1) is 12.1. The fourth-order valence-corrected chi connectivity index (χ4v) is 4.06. The number of rotatable bonds is 5. The molecule has 3 rings (SSSR count). The Morgan fingerprint density at radius 1 is 1.24 bits per heavy atom. The van der Waals surface area contributed by atoms with Gasteiger partial charge in [-0.15, -0.1) is 11.3 Å². The summed E-state index contributed by atoms with van der Waals surface area (Å²) in [6.07, 6.45) is 1.08. The molecule has 0 saturated carbocycles. The zero-order valence-electron chi connectivity index (χ0n) is 13.9. The van der Waals surface area contributed by atoms with Crippen LogP contribution >= 0.6 is 34.5 Å². The van der Waals surface area contributed by atoms with Crippen molar-refractivity contribution in [2.24, 2.45) is 0 Å². The normalized spacial score (nSPS) is 13.4. The average molecular weight is 400 g/mol. The first-order valence-corrected chi connectivity index (χ1v) is 9.74. The lowest BCUT2D eigenvalue weighted by Gasteiger charge is -2.20. The highest BCUT2D eigenvalue weighted by atomic mass is 35.5. The van der Waals surface area contributed by atoms with Gasteiger partial charge in [-0.25, -0.2) is 0 Å². The average Bonchev–Trinajstić information content (AvgIpc) is 2.84. The summed E-state index contributed by atoms with van der Waals surface area (Å²) < 4.78 is 12.0. The summed E-state index contributed by atoms with van der Waals surface area (Å²) in [5.41, 5.74) is 0.821. The van der Waals surface area contributed by atoms with Crippen LogP contribution in [0, 0.1) is 0 Å². The number of halogens is 2. The molecule has 4 nitrogen and oxygen atoms in total. The summed E-state index contributed by atoms with van der Waals surface area (Å²) in [6.45, 7) is 4.32. The van der Waals surface area contributed by atoms with Crippen molar-refractivity contribution in [2.75, 3.05) is 19.8 Å². The second kappa shape index (κ2) is 8.30. The van der Waals surface area contributed by atoms with Gasteiger partial charge in [-0.3, -0.25) is 4.79 Å². The summed E-state index contributed by atoms with van der Waals surface area (Å²) in [7, 11) is 0. The number of amides is 1. The Bertz CT molecular complexity index is 763. The Hall–Kier alpha value is -1.43. The molecule has 0 fully saturated rings. The number of thiophene rings is 1. The molecule has 7 heteroatoms. The number of carbonyl (C=O) groups excluding carboxylic acids is 1. The van der Waals surface area contributed by atoms with Gasteiger partial charge in [0.2, 0.25) is 5.91 Å². The molecule has 1 aromatic carbocycles. The molecule has 0 bridgehead atoms. The van der Waals surface area contributed by atoms with Crippen molar-refractivity contribution < 1.29 is 14.3 Å². The molecule has 1 amide bonds. The second-order valence-corrected chi connectivity index (χ2v) is 7.95. The second-order valence-electron chi connectivity index (χ2n) is 5.75. The van der Waals surface area contributed by atoms with Crippen molar-refractivity contribution in [2.45, 2.75) is 26.3 Å². The van der Waals surface area contributed by atoms with Crippen LogP contribution < -0.4 is 9.47 Å². The van der Waals surface area contributed by atoms with Crippen molar-refractivity contribution in [3.05, 3.63) is 44.1 Å². The summed E-state index contributed by atoms with van der Waals surface area (Å²) in [5, 5.41) is 0.482. The Morgan fingerprint density at radius 2 is 2.04 bits per heavy atom. The smallest absolute Gasteiger partial charge is 0.227 e. The Labute approximate surface area is 161 Å². The molecular formula is C18H19Cl2NO3S. The molecular weight excluding hydrogens is 381 g/mol. The van der Waals surface area contributed by atoms with Crippen LogP contribution in [-0.4, -0.2) is 30.6 Å². The molecule has 1 aliphatic rings. The summed E-state index contributed by atoms with van der Waals surface area (Å²) in [4.78, 5) is 15.6. The molecule has 0 saturated heterocycles. The molecule has 1 aromatic heterocycles. The van der Waals surface area contributed by atoms with Gasteiger partial charge in [-0.05, 0) is 36.8 Å². The lowest BCUT2D eigenvalue weighted by Crippen LogP contribution is -2.31. The number of ether oxygens (including phenoxy) is 2. The number of fused-ring (bicyclic) bond motifs is 1. The number of hydrogen-bond acceptors (Lipinski definition) is 4. The van der Waals surface area contributed by atoms with Crippen molar-refractivity contribution in [3.63, 3.8) is 0 Å². The molecule has 0 unspecified atom stereocenters. The van der Waals surface area contributed by atoms with E-state index < -0.39 is 0 Å². The van der Waals surface area contributed by atoms with Crippen LogP contribution in [0.2, 0.25) is 9.36 Å². The number of benzene rings is 1. The highest BCUT2D eigenvalue weighted by Gasteiger charge is 2.19. The van der Waals surface area contributed by atoms with E-state index in [9.17, 15) is 4.79 Å². The molecule has 2 heterocycles. The zero-order chi connectivity index (χ0) is 17.8. The lowest BCUT2D eigenvalue weighted by molar-refractivity contribution is -0.130. The van der Waals surface area contributed by atoms with Crippen LogP contribution in [0.25, 0.3) is 0 Å². The minimum Gasteiger partial charge on any atom is -0.489 e. The van der Waals surface area contributed by atoms with E-state index in [0.29, 0.717) is 42.8 Å². The van der Waals surface area contributed by atoms with Crippen LogP contribution in [0.4, 0.5) is 0 Å². The standard InChI is InChI=1S/C18H19Cl2NO3S/c1-2-21(11-13-4-5-16(20)25-13)17(22)10-12-8-14(19)18-15(9-12)23-6-3-7-24-18/h4-5,8-9H,2-3,6-7,10-11H2,1H3. The van der Waals surface area contributed by atoms with Gasteiger partial charge in [-0.1, -0.05) is 23.2 Å². The Morgan fingerprint density at radius 3 is 2.76 bits per heavy atom. The van der Waals surface area contributed by atoms with Gasteiger partial charge < -0.3 is 14.4 Å². The predicted octanol–water partition coefficient (Wildman–Crippen LogP) is 4.81. The third kappa shape index (κ3) is 4.60. The maximum atomic E-state index is 12.7. The third-order valence-corrected chi connectivity index (χ3v) is 5.42. The number of nitrogens with zero attached hydrogens (tertiary/aromatic N) is 1. The summed E-state index contributed by atoms with van der Waals surface area (Å²) in [5.74, 6) is 1.22. The fraction of sp³-hybridized carbons (Fsp3) is 0.389. The lowest BCUT2D eigenvalue weighted by atomic mass is 10.1. The highest BCUT2D eigenvalue weighted by Crippen LogP contribution is 2.38. The molecule has 0 aliphatic carbocycles. The van der Waals surface area contributed by atoms with E-state index >= 15 is 0 Å². The first-order valence-electron chi connectivity index (χ1n) is 8.17. The van der Waals surface area contributed by atoms with Crippen molar-refractivity contribution in [1.29, 1.82) is 0 Å². The fourth-order valence-electron chi connectivity index (χ4n) is 2.67. The van der Waals surface area contributed by atoms with E-state index in [0.717, 1.165) is 21.2 Å². The van der Waals surface area contributed by atoms with E-state index in [1.54, 1.807) is 11.0 Å². The number of hydrogen-bond donors (Lipinski definition) is 0. The van der Waals surface area contributed by atoms with E-state index in [1.165, 1.54) is 11.3 Å². The summed E-state index contributed by atoms with van der Waals surface area (Å²) >= 11 is 13.8. The van der Waals surface area contributed by atoms with Crippen LogP contribution in [0.5, 0.6) is 11.5 Å². The first kappa shape index (κ1) is 18.4. The van der Waals surface area contributed by atoms with Gasteiger partial charge in [0.1, 0.15) is 0 Å². The zero-order valence-corrected chi connectivity index (χ0v) is 16.2. The van der Waals surface area contributed by atoms with Gasteiger partial charge >= 0.3 is 0 Å². The van der Waals surface area contributed by atoms with E-state index in [2.05, 4.69) is 0 Å². The van der Waals surface area contributed by atoms with E-state index in [-0.39, 0.29) is 12.3 Å². The SMILES string of the molecule is CCN(Cc1ccc(Cl)s1)C(=O)Cc1cc(Cl)c2c(c1)OCCCO2. The topological polar surface area (TPSA) is 38.8 Å². The van der Waals surface area contributed by atoms with E-state index in [4.69, 9.17) is 32.7 Å². The van der Waals surface area contributed by atoms with Crippen LogP contribution in [-0.2, 0) is 17.8 Å². The van der Waals surface area contributed by atoms with Crippen LogP contribution in [0.1, 0.15) is 23.8 Å². The molecule has 0 spiro atoms. The monoisotopic (exact) mass is 399 g/mol. The molecule has 1 aliphatic heterocycles. The van der Waals surface area contributed by atoms with Gasteiger partial charge in [0.25, 0.3) is 0 Å². The Kier molecular flexibility index (Phi) is 6.10. The van der Waals surface area contributed by atoms with Crippen LogP contribution in [0.15, 0.2) is 24.3 Å². The molecule has 0 radical (unpaired) electrons. The van der Waals surface area contributed by atoms with E-state index in [1.807, 2.05) is 25.1 Å². The molecule has 0 atom stereocenters. The Balaban J connectivity index is 1.73. The molecule has 25 heavy (non-hydrogen) atoms. The number of likely N-dealkylation sites (N-methyl/N-ethyl adjacent to an activating group) is 1. The van der Waals surface area contributed by atoms with Gasteiger partial charge in [0.15, 0.2) is 11.5 Å². The number of carbonyl (C=O) groups is 1. The third-order valence-electron chi connectivity index (χ3n) is 3.93. The van der Waals surface area contributed by atoms with Gasteiger partial charge in [0, 0.05) is 17.8 Å². The van der Waals surface area contributed by atoms with Gasteiger partial charge in [0.05, 0.1) is 35.5 Å². The molecule has 0 N–H and O–H groups in total. The van der Waals surface area contributed by atoms with Crippen molar-refractivity contribution >= 4 is 40.4 Å². The highest BCUT2D eigenvalue weighted by molar-refractivity contribution is 7.16.